The summed E-state index contributed by atoms with van der Waals surface area (Å²) >= 11 is 0. The molecule has 1 saturated heterocycles. The third-order valence-corrected chi connectivity index (χ3v) is 4.23. The summed E-state index contributed by atoms with van der Waals surface area (Å²) in [5, 5.41) is 8.85. The highest BCUT2D eigenvalue weighted by atomic mass is 16.4. The van der Waals surface area contributed by atoms with Gasteiger partial charge < -0.3 is 15.7 Å². The second kappa shape index (κ2) is 3.67. The maximum atomic E-state index is 10.8. The van der Waals surface area contributed by atoms with Crippen molar-refractivity contribution >= 4 is 6.09 Å². The number of piperidine rings is 1. The van der Waals surface area contributed by atoms with Crippen molar-refractivity contribution in [3.63, 3.8) is 0 Å². The van der Waals surface area contributed by atoms with Crippen LogP contribution >= 0.6 is 0 Å². The first kappa shape index (κ1) is 10.7. The van der Waals surface area contributed by atoms with Crippen molar-refractivity contribution in [3.05, 3.63) is 0 Å². The van der Waals surface area contributed by atoms with Crippen LogP contribution in [0.1, 0.15) is 32.6 Å². The highest BCUT2D eigenvalue weighted by Crippen LogP contribution is 2.53. The second-order valence-electron chi connectivity index (χ2n) is 5.30. The van der Waals surface area contributed by atoms with E-state index < -0.39 is 6.09 Å². The van der Waals surface area contributed by atoms with Gasteiger partial charge in [0.05, 0.1) is 0 Å². The molecule has 2 aliphatic rings. The maximum Gasteiger partial charge on any atom is 0.407 e. The van der Waals surface area contributed by atoms with Crippen molar-refractivity contribution in [2.75, 3.05) is 13.1 Å². The molecule has 3 N–H and O–H groups in total. The molecule has 1 atom stereocenters. The van der Waals surface area contributed by atoms with E-state index in [2.05, 4.69) is 6.92 Å². The second-order valence-corrected chi connectivity index (χ2v) is 5.30. The number of hydrogen-bond donors (Lipinski definition) is 2. The molecule has 15 heavy (non-hydrogen) atoms. The lowest BCUT2D eigenvalue weighted by Crippen LogP contribution is -2.51. The number of nitrogens with zero attached hydrogens (tertiary/aromatic N) is 1. The molecule has 1 spiro atoms. The molecule has 2 fully saturated rings. The summed E-state index contributed by atoms with van der Waals surface area (Å²) in [5.74, 6) is 0.668. The molecule has 0 aromatic carbocycles. The van der Waals surface area contributed by atoms with E-state index in [4.69, 9.17) is 10.8 Å². The number of rotatable bonds is 1. The molecule has 1 heterocycles. The van der Waals surface area contributed by atoms with Crippen LogP contribution in [0, 0.1) is 11.3 Å². The average Bonchev–Trinajstić information content (AvgIpc) is 2.13. The summed E-state index contributed by atoms with van der Waals surface area (Å²) in [5.41, 5.74) is 6.29. The number of carboxylic acid groups (broad SMARTS) is 1. The van der Waals surface area contributed by atoms with E-state index >= 15 is 0 Å². The molecule has 2 rings (SSSR count). The number of nitrogens with two attached hydrogens (primary N) is 1. The van der Waals surface area contributed by atoms with Crippen LogP contribution in [0.25, 0.3) is 0 Å². The zero-order valence-corrected chi connectivity index (χ0v) is 9.28. The first-order valence-corrected chi connectivity index (χ1v) is 5.76. The Morgan fingerprint density at radius 1 is 1.47 bits per heavy atom. The standard InChI is InChI=1S/C11H20N2O2/c1-8(12)9-6-11(7-9)2-4-13(5-3-11)10(14)15/h8-9H,2-7,12H2,1H3,(H,14,15). The Kier molecular flexibility index (Phi) is 2.63. The van der Waals surface area contributed by atoms with Crippen molar-refractivity contribution in [1.82, 2.24) is 4.90 Å². The SMILES string of the molecule is CC(N)C1CC2(CCN(C(=O)O)CC2)C1. The fraction of sp³-hybridized carbons (Fsp3) is 0.909. The van der Waals surface area contributed by atoms with Crippen LogP contribution in [-0.4, -0.2) is 35.2 Å². The van der Waals surface area contributed by atoms with Crippen LogP contribution in [0.4, 0.5) is 4.79 Å². The van der Waals surface area contributed by atoms with Gasteiger partial charge in [-0.15, -0.1) is 0 Å². The van der Waals surface area contributed by atoms with Crippen LogP contribution in [-0.2, 0) is 0 Å². The Hall–Kier alpha value is -0.770. The Bertz CT molecular complexity index is 249. The van der Waals surface area contributed by atoms with Crippen molar-refractivity contribution in [3.8, 4) is 0 Å². The van der Waals surface area contributed by atoms with Crippen LogP contribution in [0.15, 0.2) is 0 Å². The maximum absolute atomic E-state index is 10.8. The molecule has 0 aromatic heterocycles. The van der Waals surface area contributed by atoms with Gasteiger partial charge in [0.15, 0.2) is 0 Å². The number of amides is 1. The van der Waals surface area contributed by atoms with Gasteiger partial charge in [-0.2, -0.15) is 0 Å². The van der Waals surface area contributed by atoms with E-state index in [1.807, 2.05) is 0 Å². The summed E-state index contributed by atoms with van der Waals surface area (Å²) in [6.45, 7) is 3.49. The topological polar surface area (TPSA) is 66.6 Å². The monoisotopic (exact) mass is 212 g/mol. The fourth-order valence-corrected chi connectivity index (χ4v) is 3.00. The van der Waals surface area contributed by atoms with Crippen LogP contribution in [0.5, 0.6) is 0 Å². The molecule has 0 aromatic rings. The summed E-state index contributed by atoms with van der Waals surface area (Å²) < 4.78 is 0. The molecule has 1 saturated carbocycles. The van der Waals surface area contributed by atoms with E-state index in [1.165, 1.54) is 17.7 Å². The zero-order valence-electron chi connectivity index (χ0n) is 9.28. The zero-order chi connectivity index (χ0) is 11.1. The van der Waals surface area contributed by atoms with Gasteiger partial charge in [0.1, 0.15) is 0 Å². The summed E-state index contributed by atoms with van der Waals surface area (Å²) in [6, 6.07) is 0.299. The van der Waals surface area contributed by atoms with E-state index in [0.717, 1.165) is 12.8 Å². The first-order chi connectivity index (χ1) is 7.02. The van der Waals surface area contributed by atoms with Gasteiger partial charge in [0.25, 0.3) is 0 Å². The minimum Gasteiger partial charge on any atom is -0.465 e. The molecule has 4 nitrogen and oxygen atoms in total. The molecule has 1 aliphatic heterocycles. The summed E-state index contributed by atoms with van der Waals surface area (Å²) in [4.78, 5) is 12.3. The number of carbonyl (C=O) groups is 1. The highest BCUT2D eigenvalue weighted by molar-refractivity contribution is 5.65. The molecular formula is C11H20N2O2. The molecular weight excluding hydrogens is 192 g/mol. The molecule has 0 bridgehead atoms. The Morgan fingerprint density at radius 2 is 2.00 bits per heavy atom. The van der Waals surface area contributed by atoms with Gasteiger partial charge in [-0.25, -0.2) is 4.79 Å². The van der Waals surface area contributed by atoms with Gasteiger partial charge in [-0.1, -0.05) is 0 Å². The molecule has 4 heteroatoms. The third-order valence-electron chi connectivity index (χ3n) is 4.23. The van der Waals surface area contributed by atoms with Crippen LogP contribution in [0.2, 0.25) is 0 Å². The van der Waals surface area contributed by atoms with E-state index in [9.17, 15) is 4.79 Å². The number of hydrogen-bond acceptors (Lipinski definition) is 2. The van der Waals surface area contributed by atoms with Gasteiger partial charge in [0, 0.05) is 19.1 Å². The predicted octanol–water partition coefficient (Wildman–Crippen LogP) is 1.50. The number of likely N-dealkylation sites (tertiary alicyclic amines) is 1. The summed E-state index contributed by atoms with van der Waals surface area (Å²) in [7, 11) is 0. The van der Waals surface area contributed by atoms with Crippen molar-refractivity contribution in [2.24, 2.45) is 17.1 Å². The van der Waals surface area contributed by atoms with Gasteiger partial charge in [0.2, 0.25) is 0 Å². The van der Waals surface area contributed by atoms with E-state index in [0.29, 0.717) is 30.5 Å². The molecule has 86 valence electrons. The van der Waals surface area contributed by atoms with Crippen molar-refractivity contribution in [2.45, 2.75) is 38.6 Å². The van der Waals surface area contributed by atoms with Crippen molar-refractivity contribution < 1.29 is 9.90 Å². The third kappa shape index (κ3) is 1.95. The van der Waals surface area contributed by atoms with E-state index in [1.54, 1.807) is 0 Å². The lowest BCUT2D eigenvalue weighted by molar-refractivity contribution is -0.0162. The van der Waals surface area contributed by atoms with Crippen LogP contribution < -0.4 is 5.73 Å². The first-order valence-electron chi connectivity index (χ1n) is 5.76. The Labute approximate surface area is 90.4 Å². The lowest BCUT2D eigenvalue weighted by Gasteiger charge is -2.53. The minimum atomic E-state index is -0.770. The fourth-order valence-electron chi connectivity index (χ4n) is 3.00. The smallest absolute Gasteiger partial charge is 0.407 e. The van der Waals surface area contributed by atoms with E-state index in [-0.39, 0.29) is 0 Å². The van der Waals surface area contributed by atoms with Crippen molar-refractivity contribution in [1.29, 1.82) is 0 Å². The minimum absolute atomic E-state index is 0.299. The lowest BCUT2D eigenvalue weighted by atomic mass is 9.56. The van der Waals surface area contributed by atoms with Crippen LogP contribution in [0.3, 0.4) is 0 Å². The molecule has 1 amide bonds. The normalized spacial score (nSPS) is 27.5. The Balaban J connectivity index is 1.83. The molecule has 1 unspecified atom stereocenters. The van der Waals surface area contributed by atoms with Gasteiger partial charge >= 0.3 is 6.09 Å². The highest BCUT2D eigenvalue weighted by Gasteiger charge is 2.47. The average molecular weight is 212 g/mol. The molecule has 0 radical (unpaired) electrons. The summed E-state index contributed by atoms with van der Waals surface area (Å²) in [6.07, 6.45) is 3.70. The predicted molar refractivity (Wildman–Crippen MR) is 57.6 cm³/mol. The van der Waals surface area contributed by atoms with Gasteiger partial charge in [-0.3, -0.25) is 0 Å². The quantitative estimate of drug-likeness (QED) is 0.692. The van der Waals surface area contributed by atoms with Gasteiger partial charge in [-0.05, 0) is 43.9 Å². The Morgan fingerprint density at radius 3 is 2.40 bits per heavy atom. The largest absolute Gasteiger partial charge is 0.465 e. The molecule has 1 aliphatic carbocycles.